The van der Waals surface area contributed by atoms with Crippen LogP contribution in [0.25, 0.3) is 0 Å². The topological polar surface area (TPSA) is 43.1 Å². The standard InChI is InChI=1S/C9H18O.CH5N/c1-4-9(5-2,6-3)7-8-10;1-2/h8H,4-7H2,1-3H3;2H2,1H3. The molecule has 0 fully saturated rings. The zero-order valence-electron chi connectivity index (χ0n) is 8.89. The van der Waals surface area contributed by atoms with Gasteiger partial charge in [0.15, 0.2) is 0 Å². The molecule has 0 aliphatic rings. The number of hydrogen-bond acceptors (Lipinski definition) is 2. The minimum Gasteiger partial charge on any atom is -0.333 e. The molecule has 0 aliphatic heterocycles. The van der Waals surface area contributed by atoms with Crippen LogP contribution in [0, 0.1) is 5.41 Å². The lowest BCUT2D eigenvalue weighted by Crippen LogP contribution is -2.17. The van der Waals surface area contributed by atoms with Crippen LogP contribution in [0.1, 0.15) is 46.5 Å². The Labute approximate surface area is 76.5 Å². The Morgan fingerprint density at radius 2 is 1.42 bits per heavy atom. The quantitative estimate of drug-likeness (QED) is 0.649. The summed E-state index contributed by atoms with van der Waals surface area (Å²) in [7, 11) is 1.50. The van der Waals surface area contributed by atoms with E-state index in [4.69, 9.17) is 0 Å². The van der Waals surface area contributed by atoms with E-state index in [0.29, 0.717) is 5.41 Å². The number of aldehydes is 1. The van der Waals surface area contributed by atoms with E-state index in [0.717, 1.165) is 32.0 Å². The van der Waals surface area contributed by atoms with Gasteiger partial charge in [0.2, 0.25) is 0 Å². The molecule has 2 nitrogen and oxygen atoms in total. The zero-order chi connectivity index (χ0) is 10.0. The molecule has 0 aromatic rings. The van der Waals surface area contributed by atoms with Crippen molar-refractivity contribution in [2.24, 2.45) is 11.1 Å². The van der Waals surface area contributed by atoms with E-state index >= 15 is 0 Å². The second-order valence-corrected chi connectivity index (χ2v) is 2.93. The van der Waals surface area contributed by atoms with Gasteiger partial charge in [0.05, 0.1) is 0 Å². The van der Waals surface area contributed by atoms with Crippen molar-refractivity contribution in [1.29, 1.82) is 0 Å². The molecule has 0 radical (unpaired) electrons. The molecule has 2 N–H and O–H groups in total. The molecule has 0 bridgehead atoms. The van der Waals surface area contributed by atoms with Crippen LogP contribution in [0.15, 0.2) is 0 Å². The Kier molecular flexibility index (Phi) is 10.3. The van der Waals surface area contributed by atoms with Gasteiger partial charge in [0.25, 0.3) is 0 Å². The average Bonchev–Trinajstić information content (AvgIpc) is 2.18. The van der Waals surface area contributed by atoms with E-state index < -0.39 is 0 Å². The maximum Gasteiger partial charge on any atom is 0.120 e. The van der Waals surface area contributed by atoms with Crippen LogP contribution in [0.5, 0.6) is 0 Å². The number of rotatable bonds is 5. The maximum atomic E-state index is 10.3. The molecule has 0 saturated carbocycles. The number of carbonyl (C=O) groups excluding carboxylic acids is 1. The first-order chi connectivity index (χ1) is 5.74. The van der Waals surface area contributed by atoms with Gasteiger partial charge < -0.3 is 10.5 Å². The molecule has 0 aromatic carbocycles. The Balaban J connectivity index is 0. The first-order valence-electron chi connectivity index (χ1n) is 4.76. The third-order valence-electron chi connectivity index (χ3n) is 2.77. The smallest absolute Gasteiger partial charge is 0.120 e. The van der Waals surface area contributed by atoms with E-state index in [1.807, 2.05) is 0 Å². The van der Waals surface area contributed by atoms with Crippen molar-refractivity contribution in [2.75, 3.05) is 7.05 Å². The summed E-state index contributed by atoms with van der Waals surface area (Å²) in [5.41, 5.74) is 4.81. The minimum atomic E-state index is 0.307. The average molecular weight is 173 g/mol. The summed E-state index contributed by atoms with van der Waals surface area (Å²) in [6, 6.07) is 0. The number of nitrogens with two attached hydrogens (primary N) is 1. The van der Waals surface area contributed by atoms with Gasteiger partial charge in [0.1, 0.15) is 6.29 Å². The maximum absolute atomic E-state index is 10.3. The molecular weight excluding hydrogens is 150 g/mol. The molecule has 0 spiro atoms. The fourth-order valence-corrected chi connectivity index (χ4v) is 1.36. The second kappa shape index (κ2) is 8.72. The lowest BCUT2D eigenvalue weighted by Gasteiger charge is -2.27. The molecule has 0 aliphatic carbocycles. The molecule has 12 heavy (non-hydrogen) atoms. The Morgan fingerprint density at radius 1 is 1.08 bits per heavy atom. The largest absolute Gasteiger partial charge is 0.333 e. The predicted molar refractivity (Wildman–Crippen MR) is 54.1 cm³/mol. The Bertz CT molecular complexity index is 89.7. The molecule has 2 heteroatoms. The minimum absolute atomic E-state index is 0.307. The zero-order valence-corrected chi connectivity index (χ0v) is 8.89. The van der Waals surface area contributed by atoms with Gasteiger partial charge >= 0.3 is 0 Å². The van der Waals surface area contributed by atoms with Crippen molar-refractivity contribution in [3.8, 4) is 0 Å². The van der Waals surface area contributed by atoms with Crippen LogP contribution in [-0.4, -0.2) is 13.3 Å². The molecule has 0 unspecified atom stereocenters. The van der Waals surface area contributed by atoms with Crippen LogP contribution in [0.3, 0.4) is 0 Å². The van der Waals surface area contributed by atoms with Gasteiger partial charge in [0, 0.05) is 6.42 Å². The summed E-state index contributed by atoms with van der Waals surface area (Å²) < 4.78 is 0. The van der Waals surface area contributed by atoms with Crippen molar-refractivity contribution in [1.82, 2.24) is 0 Å². The van der Waals surface area contributed by atoms with E-state index in [1.165, 1.54) is 7.05 Å². The lowest BCUT2D eigenvalue weighted by atomic mass is 9.77. The number of hydrogen-bond donors (Lipinski definition) is 1. The van der Waals surface area contributed by atoms with Gasteiger partial charge in [-0.2, -0.15) is 0 Å². The molecule has 0 atom stereocenters. The molecule has 0 heterocycles. The van der Waals surface area contributed by atoms with Crippen LogP contribution in [0.4, 0.5) is 0 Å². The van der Waals surface area contributed by atoms with Crippen molar-refractivity contribution in [3.05, 3.63) is 0 Å². The highest BCUT2D eigenvalue weighted by molar-refractivity contribution is 5.50. The van der Waals surface area contributed by atoms with Gasteiger partial charge in [-0.25, -0.2) is 0 Å². The van der Waals surface area contributed by atoms with Crippen molar-refractivity contribution < 1.29 is 4.79 Å². The summed E-state index contributed by atoms with van der Waals surface area (Å²) in [5, 5.41) is 0. The summed E-state index contributed by atoms with van der Waals surface area (Å²) in [4.78, 5) is 10.3. The third-order valence-corrected chi connectivity index (χ3v) is 2.77. The normalized spacial score (nSPS) is 10.1. The Hall–Kier alpha value is -0.370. The molecule has 74 valence electrons. The van der Waals surface area contributed by atoms with Crippen LogP contribution >= 0.6 is 0 Å². The highest BCUT2D eigenvalue weighted by Crippen LogP contribution is 2.32. The molecule has 0 rings (SSSR count). The van der Waals surface area contributed by atoms with Gasteiger partial charge in [-0.05, 0) is 12.5 Å². The van der Waals surface area contributed by atoms with E-state index in [2.05, 4.69) is 26.5 Å². The van der Waals surface area contributed by atoms with Crippen LogP contribution < -0.4 is 5.73 Å². The molecule has 0 aromatic heterocycles. The van der Waals surface area contributed by atoms with Gasteiger partial charge in [-0.3, -0.25) is 0 Å². The lowest BCUT2D eigenvalue weighted by molar-refractivity contribution is -0.110. The highest BCUT2D eigenvalue weighted by Gasteiger charge is 2.22. The van der Waals surface area contributed by atoms with E-state index in [1.54, 1.807) is 0 Å². The number of carbonyl (C=O) groups is 1. The summed E-state index contributed by atoms with van der Waals surface area (Å²) >= 11 is 0. The third kappa shape index (κ3) is 4.50. The van der Waals surface area contributed by atoms with Crippen LogP contribution in [0.2, 0.25) is 0 Å². The Morgan fingerprint density at radius 3 is 1.50 bits per heavy atom. The van der Waals surface area contributed by atoms with Gasteiger partial charge in [-0.1, -0.05) is 40.0 Å². The monoisotopic (exact) mass is 173 g/mol. The van der Waals surface area contributed by atoms with Crippen LogP contribution in [-0.2, 0) is 4.79 Å². The summed E-state index contributed by atoms with van der Waals surface area (Å²) in [6.07, 6.45) is 5.16. The van der Waals surface area contributed by atoms with Crippen molar-refractivity contribution >= 4 is 6.29 Å². The van der Waals surface area contributed by atoms with Crippen molar-refractivity contribution in [2.45, 2.75) is 46.5 Å². The SMILES string of the molecule is CCC(CC)(CC)CC=O.CN. The van der Waals surface area contributed by atoms with Gasteiger partial charge in [-0.15, -0.1) is 0 Å². The fourth-order valence-electron chi connectivity index (χ4n) is 1.36. The fraction of sp³-hybridized carbons (Fsp3) is 0.900. The van der Waals surface area contributed by atoms with Crippen molar-refractivity contribution in [3.63, 3.8) is 0 Å². The van der Waals surface area contributed by atoms with E-state index in [9.17, 15) is 4.79 Å². The molecule has 0 saturated heterocycles. The predicted octanol–water partition coefficient (Wildman–Crippen LogP) is 2.37. The second-order valence-electron chi connectivity index (χ2n) is 2.93. The summed E-state index contributed by atoms with van der Waals surface area (Å²) in [6.45, 7) is 6.49. The highest BCUT2D eigenvalue weighted by atomic mass is 16.1. The van der Waals surface area contributed by atoms with E-state index in [-0.39, 0.29) is 0 Å². The first kappa shape index (κ1) is 14.2. The molecule has 0 amide bonds. The first-order valence-corrected chi connectivity index (χ1v) is 4.76. The summed E-state index contributed by atoms with van der Waals surface area (Å²) in [5.74, 6) is 0. The molecular formula is C10H23NO.